The van der Waals surface area contributed by atoms with Gasteiger partial charge in [-0.25, -0.2) is 0 Å². The van der Waals surface area contributed by atoms with E-state index in [-0.39, 0.29) is 5.04 Å². The molecule has 3 rings (SSSR count). The van der Waals surface area contributed by atoms with E-state index in [2.05, 4.69) is 81.4 Å². The molecule has 0 unspecified atom stereocenters. The van der Waals surface area contributed by atoms with E-state index in [0.29, 0.717) is 13.2 Å². The number of hydrogen-bond donors (Lipinski definition) is 0. The van der Waals surface area contributed by atoms with E-state index in [1.165, 1.54) is 10.4 Å². The molecule has 0 bridgehead atoms. The fourth-order valence-corrected chi connectivity index (χ4v) is 8.88. The van der Waals surface area contributed by atoms with Crippen LogP contribution >= 0.6 is 11.6 Å². The molecule has 0 radical (unpaired) electrons. The second-order valence-corrected chi connectivity index (χ2v) is 13.7. The third kappa shape index (κ3) is 6.13. The lowest BCUT2D eigenvalue weighted by molar-refractivity contribution is 0.292. The Hall–Kier alpha value is -2.33. The van der Waals surface area contributed by atoms with Gasteiger partial charge in [-0.2, -0.15) is 0 Å². The SMILES string of the molecule is CC(C)(C)[Si](OCCC/C(Cl)=C\COc1ccccc1)(c1ccccc1)c1ccccc1. The highest BCUT2D eigenvalue weighted by molar-refractivity contribution is 6.99. The maximum absolute atomic E-state index is 6.91. The predicted octanol–water partition coefficient (Wildman–Crippen LogP) is 6.54. The standard InChI is InChI=1S/C28H33ClO2Si/c1-28(2,3)32(26-17-9-5-10-18-26,27-19-11-6-12-20-27)31-22-13-14-24(29)21-23-30-25-15-7-4-8-16-25/h4-12,15-21H,13-14,22-23H2,1-3H3/b24-21+. The Morgan fingerprint density at radius 2 is 1.31 bits per heavy atom. The number of ether oxygens (including phenoxy) is 1. The molecule has 0 fully saturated rings. The Morgan fingerprint density at radius 3 is 1.81 bits per heavy atom. The Morgan fingerprint density at radius 1 is 0.812 bits per heavy atom. The first-order chi connectivity index (χ1) is 15.4. The van der Waals surface area contributed by atoms with Gasteiger partial charge in [0.2, 0.25) is 0 Å². The highest BCUT2D eigenvalue weighted by Crippen LogP contribution is 2.36. The summed E-state index contributed by atoms with van der Waals surface area (Å²) in [5.41, 5.74) is 0. The first kappa shape index (κ1) is 24.3. The van der Waals surface area contributed by atoms with Gasteiger partial charge in [0.15, 0.2) is 0 Å². The van der Waals surface area contributed by atoms with Crippen LogP contribution in [-0.2, 0) is 4.43 Å². The quantitative estimate of drug-likeness (QED) is 0.250. The van der Waals surface area contributed by atoms with Crippen LogP contribution in [-0.4, -0.2) is 21.5 Å². The minimum absolute atomic E-state index is 0.0150. The van der Waals surface area contributed by atoms with E-state index in [1.807, 2.05) is 36.4 Å². The first-order valence-corrected chi connectivity index (χ1v) is 13.5. The van der Waals surface area contributed by atoms with Gasteiger partial charge in [0.05, 0.1) is 0 Å². The maximum Gasteiger partial charge on any atom is 0.261 e. The summed E-state index contributed by atoms with van der Waals surface area (Å²) in [5.74, 6) is 0.850. The van der Waals surface area contributed by atoms with Crippen molar-refractivity contribution in [3.8, 4) is 5.75 Å². The summed E-state index contributed by atoms with van der Waals surface area (Å²) in [4.78, 5) is 0. The van der Waals surface area contributed by atoms with Crippen LogP contribution in [0.2, 0.25) is 5.04 Å². The number of benzene rings is 3. The molecule has 0 aromatic heterocycles. The molecule has 4 heteroatoms. The third-order valence-corrected chi connectivity index (χ3v) is 11.0. The zero-order valence-electron chi connectivity index (χ0n) is 19.3. The number of para-hydroxylation sites is 1. The maximum atomic E-state index is 6.91. The van der Waals surface area contributed by atoms with Gasteiger partial charge in [0, 0.05) is 11.6 Å². The van der Waals surface area contributed by atoms with Gasteiger partial charge >= 0.3 is 0 Å². The zero-order valence-corrected chi connectivity index (χ0v) is 21.0. The van der Waals surface area contributed by atoms with Crippen LogP contribution in [0, 0.1) is 0 Å². The molecule has 0 saturated carbocycles. The van der Waals surface area contributed by atoms with Gasteiger partial charge in [0.25, 0.3) is 8.32 Å². The summed E-state index contributed by atoms with van der Waals surface area (Å²) in [5, 5.41) is 3.40. The minimum Gasteiger partial charge on any atom is -0.489 e. The molecule has 0 aliphatic rings. The van der Waals surface area contributed by atoms with E-state index in [0.717, 1.165) is 23.6 Å². The van der Waals surface area contributed by atoms with E-state index in [1.54, 1.807) is 0 Å². The molecule has 3 aromatic rings. The molecule has 0 N–H and O–H groups in total. The van der Waals surface area contributed by atoms with Gasteiger partial charge in [-0.05, 0) is 46.5 Å². The van der Waals surface area contributed by atoms with E-state index >= 15 is 0 Å². The summed E-state index contributed by atoms with van der Waals surface area (Å²) in [6.45, 7) is 8.03. The largest absolute Gasteiger partial charge is 0.489 e. The van der Waals surface area contributed by atoms with Crippen LogP contribution in [0.5, 0.6) is 5.75 Å². The molecule has 32 heavy (non-hydrogen) atoms. The highest BCUT2D eigenvalue weighted by Gasteiger charge is 2.49. The minimum atomic E-state index is -2.48. The van der Waals surface area contributed by atoms with Crippen molar-refractivity contribution in [3.63, 3.8) is 0 Å². The molecule has 0 aliphatic carbocycles. The van der Waals surface area contributed by atoms with Crippen molar-refractivity contribution >= 4 is 30.3 Å². The summed E-state index contributed by atoms with van der Waals surface area (Å²) < 4.78 is 12.6. The van der Waals surface area contributed by atoms with E-state index < -0.39 is 8.32 Å². The fraction of sp³-hybridized carbons (Fsp3) is 0.286. The zero-order chi connectivity index (χ0) is 22.9. The Balaban J connectivity index is 1.68. The second kappa shape index (κ2) is 11.5. The lowest BCUT2D eigenvalue weighted by atomic mass is 10.2. The molecule has 0 spiro atoms. The average Bonchev–Trinajstić information content (AvgIpc) is 2.80. The van der Waals surface area contributed by atoms with Crippen LogP contribution in [0.15, 0.2) is 102 Å². The Labute approximate surface area is 199 Å². The average molecular weight is 465 g/mol. The van der Waals surface area contributed by atoms with Crippen molar-refractivity contribution in [1.82, 2.24) is 0 Å². The van der Waals surface area contributed by atoms with Crippen LogP contribution in [0.3, 0.4) is 0 Å². The molecular formula is C28H33ClO2Si. The Kier molecular flexibility index (Phi) is 8.74. The third-order valence-electron chi connectivity index (χ3n) is 5.59. The number of halogens is 1. The molecule has 2 nitrogen and oxygen atoms in total. The van der Waals surface area contributed by atoms with Crippen molar-refractivity contribution < 1.29 is 9.16 Å². The van der Waals surface area contributed by atoms with Crippen LogP contribution in [0.4, 0.5) is 0 Å². The molecule has 0 aliphatic heterocycles. The predicted molar refractivity (Wildman–Crippen MR) is 139 cm³/mol. The lowest BCUT2D eigenvalue weighted by Crippen LogP contribution is -2.66. The van der Waals surface area contributed by atoms with Crippen LogP contribution in [0.25, 0.3) is 0 Å². The molecule has 168 valence electrons. The fourth-order valence-electron chi connectivity index (χ4n) is 4.07. The van der Waals surface area contributed by atoms with Crippen molar-refractivity contribution in [2.75, 3.05) is 13.2 Å². The molecule has 0 amide bonds. The van der Waals surface area contributed by atoms with Crippen molar-refractivity contribution in [3.05, 3.63) is 102 Å². The summed E-state index contributed by atoms with van der Waals surface area (Å²) in [6, 6.07) is 31.3. The normalized spacial score (nSPS) is 12.6. The van der Waals surface area contributed by atoms with E-state index in [4.69, 9.17) is 20.8 Å². The number of allylic oxidation sites excluding steroid dienone is 1. The number of rotatable bonds is 10. The summed E-state index contributed by atoms with van der Waals surface area (Å²) in [7, 11) is -2.48. The smallest absolute Gasteiger partial charge is 0.261 e. The van der Waals surface area contributed by atoms with Crippen molar-refractivity contribution in [2.24, 2.45) is 0 Å². The van der Waals surface area contributed by atoms with Gasteiger partial charge in [-0.15, -0.1) is 0 Å². The molecule has 0 heterocycles. The van der Waals surface area contributed by atoms with E-state index in [9.17, 15) is 0 Å². The molecule has 3 aromatic carbocycles. The van der Waals surface area contributed by atoms with Gasteiger partial charge < -0.3 is 9.16 Å². The van der Waals surface area contributed by atoms with Crippen LogP contribution < -0.4 is 15.1 Å². The van der Waals surface area contributed by atoms with Gasteiger partial charge in [0.1, 0.15) is 12.4 Å². The van der Waals surface area contributed by atoms with Gasteiger partial charge in [-0.3, -0.25) is 0 Å². The Bertz CT molecular complexity index is 927. The monoisotopic (exact) mass is 464 g/mol. The molecular weight excluding hydrogens is 432 g/mol. The molecule has 0 atom stereocenters. The van der Waals surface area contributed by atoms with Crippen molar-refractivity contribution in [2.45, 2.75) is 38.7 Å². The van der Waals surface area contributed by atoms with Gasteiger partial charge in [-0.1, -0.05) is 111 Å². The van der Waals surface area contributed by atoms with Crippen molar-refractivity contribution in [1.29, 1.82) is 0 Å². The number of hydrogen-bond acceptors (Lipinski definition) is 2. The second-order valence-electron chi connectivity index (χ2n) is 8.89. The summed E-state index contributed by atoms with van der Waals surface area (Å²) in [6.07, 6.45) is 3.58. The highest BCUT2D eigenvalue weighted by atomic mass is 35.5. The lowest BCUT2D eigenvalue weighted by Gasteiger charge is -2.43. The summed E-state index contributed by atoms with van der Waals surface area (Å²) >= 11 is 6.46. The first-order valence-electron chi connectivity index (χ1n) is 11.2. The topological polar surface area (TPSA) is 18.5 Å². The molecule has 0 saturated heterocycles. The van der Waals surface area contributed by atoms with Crippen LogP contribution in [0.1, 0.15) is 33.6 Å².